The summed E-state index contributed by atoms with van der Waals surface area (Å²) in [4.78, 5) is 2.07. The van der Waals surface area contributed by atoms with E-state index < -0.39 is 6.10 Å². The Balaban J connectivity index is 1.82. The molecule has 2 rings (SSSR count). The summed E-state index contributed by atoms with van der Waals surface area (Å²) < 4.78 is 14.1. The number of ether oxygens (including phenoxy) is 1. The fraction of sp³-hybridized carbons (Fsp3) is 0.857. The van der Waals surface area contributed by atoms with Crippen LogP contribution in [0.15, 0.2) is 0 Å². The Hall–Kier alpha value is -0.960. The minimum atomic E-state index is -0.600. The summed E-state index contributed by atoms with van der Waals surface area (Å²) in [5.74, 6) is 1.18. The zero-order valence-electron chi connectivity index (χ0n) is 13.4. The zero-order chi connectivity index (χ0) is 16.2. The van der Waals surface area contributed by atoms with Crippen LogP contribution in [0.1, 0.15) is 33.6 Å². The van der Waals surface area contributed by atoms with Gasteiger partial charge in [-0.2, -0.15) is 4.37 Å². The van der Waals surface area contributed by atoms with Crippen LogP contribution >= 0.6 is 11.7 Å². The lowest BCUT2D eigenvalue weighted by Gasteiger charge is -2.29. The van der Waals surface area contributed by atoms with Gasteiger partial charge in [0.25, 0.3) is 5.88 Å². The second kappa shape index (κ2) is 7.54. The molecule has 1 aliphatic heterocycles. The van der Waals surface area contributed by atoms with Crippen molar-refractivity contribution < 1.29 is 14.9 Å². The highest BCUT2D eigenvalue weighted by molar-refractivity contribution is 6.99. The molecule has 1 aromatic rings. The summed E-state index contributed by atoms with van der Waals surface area (Å²) in [5.41, 5.74) is -0.0387. The van der Waals surface area contributed by atoms with Gasteiger partial charge in [0.2, 0.25) is 5.82 Å². The Morgan fingerprint density at radius 1 is 1.36 bits per heavy atom. The first-order valence-corrected chi connectivity index (χ1v) is 8.39. The van der Waals surface area contributed by atoms with E-state index in [9.17, 15) is 10.2 Å². The molecule has 0 aliphatic carbocycles. The molecule has 0 radical (unpaired) electrons. The number of hydrogen-bond donors (Lipinski definition) is 3. The predicted octanol–water partition coefficient (Wildman–Crippen LogP) is 0.627. The average molecular weight is 330 g/mol. The van der Waals surface area contributed by atoms with Crippen molar-refractivity contribution in [2.75, 3.05) is 31.1 Å². The highest BCUT2D eigenvalue weighted by atomic mass is 32.1. The Labute approximate surface area is 135 Å². The molecule has 1 unspecified atom stereocenters. The minimum absolute atomic E-state index is 0.0387. The van der Waals surface area contributed by atoms with Gasteiger partial charge < -0.3 is 25.2 Å². The van der Waals surface area contributed by atoms with Gasteiger partial charge in [-0.25, -0.2) is 0 Å². The Bertz CT molecular complexity index is 455. The predicted molar refractivity (Wildman–Crippen MR) is 86.6 cm³/mol. The Morgan fingerprint density at radius 2 is 2.05 bits per heavy atom. The van der Waals surface area contributed by atoms with Crippen LogP contribution in [0.2, 0.25) is 0 Å². The number of β-amino-alcohol motifs (C(OH)–C–C–N with tert-alkyl or cyclic N) is 1. The molecule has 8 heteroatoms. The van der Waals surface area contributed by atoms with Gasteiger partial charge in [0.15, 0.2) is 0 Å². The number of aromatic nitrogens is 2. The molecule has 22 heavy (non-hydrogen) atoms. The summed E-state index contributed by atoms with van der Waals surface area (Å²) >= 11 is 1.10. The molecule has 1 aromatic heterocycles. The molecule has 7 nitrogen and oxygen atoms in total. The monoisotopic (exact) mass is 330 g/mol. The van der Waals surface area contributed by atoms with Gasteiger partial charge in [0.1, 0.15) is 12.7 Å². The standard InChI is InChI=1S/C14H26N4O3S/c1-14(2,3)15-8-11(20)9-21-13-12(16-22-17-13)18-6-4-10(19)5-7-18/h10-11,15,19-20H,4-9H2,1-3H3. The average Bonchev–Trinajstić information content (AvgIpc) is 2.91. The van der Waals surface area contributed by atoms with E-state index in [0.717, 1.165) is 37.7 Å². The molecule has 0 bridgehead atoms. The summed E-state index contributed by atoms with van der Waals surface area (Å²) in [7, 11) is 0. The Morgan fingerprint density at radius 3 is 2.68 bits per heavy atom. The van der Waals surface area contributed by atoms with E-state index in [1.165, 1.54) is 0 Å². The van der Waals surface area contributed by atoms with Crippen LogP contribution in [0, 0.1) is 0 Å². The van der Waals surface area contributed by atoms with E-state index in [-0.39, 0.29) is 18.2 Å². The van der Waals surface area contributed by atoms with Crippen molar-refractivity contribution in [2.45, 2.75) is 51.4 Å². The molecule has 1 atom stereocenters. The van der Waals surface area contributed by atoms with Crippen LogP contribution < -0.4 is 15.0 Å². The van der Waals surface area contributed by atoms with Crippen molar-refractivity contribution in [1.82, 2.24) is 14.1 Å². The van der Waals surface area contributed by atoms with Crippen LogP contribution in [-0.4, -0.2) is 62.9 Å². The fourth-order valence-electron chi connectivity index (χ4n) is 2.20. The first kappa shape index (κ1) is 17.4. The number of nitrogens with one attached hydrogen (secondary N) is 1. The molecule has 2 heterocycles. The number of aliphatic hydroxyl groups excluding tert-OH is 2. The van der Waals surface area contributed by atoms with Crippen molar-refractivity contribution in [3.05, 3.63) is 0 Å². The smallest absolute Gasteiger partial charge is 0.270 e. The minimum Gasteiger partial charge on any atom is -0.472 e. The van der Waals surface area contributed by atoms with Crippen LogP contribution in [0.4, 0.5) is 5.82 Å². The van der Waals surface area contributed by atoms with E-state index >= 15 is 0 Å². The van der Waals surface area contributed by atoms with Crippen LogP contribution in [0.3, 0.4) is 0 Å². The maximum absolute atomic E-state index is 9.97. The van der Waals surface area contributed by atoms with E-state index in [2.05, 4.69) is 19.0 Å². The molecular weight excluding hydrogens is 304 g/mol. The highest BCUT2D eigenvalue weighted by Gasteiger charge is 2.23. The maximum Gasteiger partial charge on any atom is 0.270 e. The topological polar surface area (TPSA) is 90.7 Å². The number of aliphatic hydroxyl groups is 2. The fourth-order valence-corrected chi connectivity index (χ4v) is 2.72. The number of nitrogens with zero attached hydrogens (tertiary/aromatic N) is 3. The first-order valence-electron chi connectivity index (χ1n) is 7.66. The summed E-state index contributed by atoms with van der Waals surface area (Å²) in [5, 5.41) is 22.8. The van der Waals surface area contributed by atoms with E-state index in [0.29, 0.717) is 18.2 Å². The van der Waals surface area contributed by atoms with Crippen LogP contribution in [-0.2, 0) is 0 Å². The van der Waals surface area contributed by atoms with Crippen LogP contribution in [0.5, 0.6) is 5.88 Å². The number of piperidine rings is 1. The van der Waals surface area contributed by atoms with Crippen molar-refractivity contribution in [3.63, 3.8) is 0 Å². The van der Waals surface area contributed by atoms with Crippen LogP contribution in [0.25, 0.3) is 0 Å². The third-order valence-electron chi connectivity index (χ3n) is 3.49. The summed E-state index contributed by atoms with van der Waals surface area (Å²) in [6, 6.07) is 0. The molecule has 1 saturated heterocycles. The Kier molecular flexibility index (Phi) is 5.96. The second-order valence-electron chi connectivity index (χ2n) is 6.71. The van der Waals surface area contributed by atoms with Crippen molar-refractivity contribution in [3.8, 4) is 5.88 Å². The third-order valence-corrected chi connectivity index (χ3v) is 3.99. The largest absolute Gasteiger partial charge is 0.472 e. The lowest BCUT2D eigenvalue weighted by atomic mass is 10.1. The van der Waals surface area contributed by atoms with E-state index in [1.807, 2.05) is 20.8 Å². The second-order valence-corrected chi connectivity index (χ2v) is 7.24. The molecule has 1 fully saturated rings. The molecule has 0 spiro atoms. The van der Waals surface area contributed by atoms with Gasteiger partial charge in [-0.05, 0) is 33.6 Å². The normalized spacial score (nSPS) is 18.5. The summed E-state index contributed by atoms with van der Waals surface area (Å²) in [6.45, 7) is 8.29. The van der Waals surface area contributed by atoms with Gasteiger partial charge in [-0.15, -0.1) is 4.37 Å². The third kappa shape index (κ3) is 5.35. The zero-order valence-corrected chi connectivity index (χ0v) is 14.3. The number of hydrogen-bond acceptors (Lipinski definition) is 8. The van der Waals surface area contributed by atoms with Gasteiger partial charge in [-0.1, -0.05) is 0 Å². The molecule has 126 valence electrons. The molecular formula is C14H26N4O3S. The summed E-state index contributed by atoms with van der Waals surface area (Å²) in [6.07, 6.45) is 0.638. The SMILES string of the molecule is CC(C)(C)NCC(O)COc1nsnc1N1CCC(O)CC1. The van der Waals surface area contributed by atoms with Crippen molar-refractivity contribution in [2.24, 2.45) is 0 Å². The van der Waals surface area contributed by atoms with E-state index in [4.69, 9.17) is 4.74 Å². The van der Waals surface area contributed by atoms with Crippen molar-refractivity contribution in [1.29, 1.82) is 0 Å². The van der Waals surface area contributed by atoms with Gasteiger partial charge in [0.05, 0.1) is 17.8 Å². The van der Waals surface area contributed by atoms with Gasteiger partial charge >= 0.3 is 0 Å². The lowest BCUT2D eigenvalue weighted by molar-refractivity contribution is 0.0981. The molecule has 1 aliphatic rings. The lowest BCUT2D eigenvalue weighted by Crippen LogP contribution is -2.42. The molecule has 3 N–H and O–H groups in total. The van der Waals surface area contributed by atoms with Crippen molar-refractivity contribution >= 4 is 17.5 Å². The molecule has 0 amide bonds. The van der Waals surface area contributed by atoms with Gasteiger partial charge in [0, 0.05) is 25.2 Å². The number of rotatable bonds is 6. The first-order chi connectivity index (χ1) is 10.3. The van der Waals surface area contributed by atoms with Gasteiger partial charge in [-0.3, -0.25) is 0 Å². The maximum atomic E-state index is 9.97. The molecule has 0 saturated carbocycles. The molecule has 0 aromatic carbocycles. The number of anilines is 1. The highest BCUT2D eigenvalue weighted by Crippen LogP contribution is 2.28. The quantitative estimate of drug-likeness (QED) is 0.704. The van der Waals surface area contributed by atoms with E-state index in [1.54, 1.807) is 0 Å².